The van der Waals surface area contributed by atoms with Crippen molar-refractivity contribution in [1.82, 2.24) is 9.13 Å². The maximum atomic E-state index is 11.4. The molecule has 0 aromatic carbocycles. The van der Waals surface area contributed by atoms with Crippen LogP contribution in [0, 0.1) is 0 Å². The minimum absolute atomic E-state index is 0.00673. The van der Waals surface area contributed by atoms with Crippen molar-refractivity contribution in [2.75, 3.05) is 0 Å². The molecule has 1 aromatic heterocycles. The molecule has 0 N–H and O–H groups in total. The van der Waals surface area contributed by atoms with E-state index in [1.54, 1.807) is 27.6 Å². The highest BCUT2D eigenvalue weighted by atomic mass is 35.5. The van der Waals surface area contributed by atoms with E-state index in [1.165, 1.54) is 5.54 Å². The van der Waals surface area contributed by atoms with Gasteiger partial charge in [0, 0.05) is 31.0 Å². The van der Waals surface area contributed by atoms with Gasteiger partial charge >= 0.3 is 5.69 Å². The molecule has 0 saturated carbocycles. The molecule has 12 heavy (non-hydrogen) atoms. The summed E-state index contributed by atoms with van der Waals surface area (Å²) >= 11 is 5.34. The molecule has 0 bridgehead atoms. The van der Waals surface area contributed by atoms with Crippen LogP contribution in [0.15, 0.2) is 28.8 Å². The standard InChI is InChI=1S/C8H11ClN2O/c1-2-10-6-7-11(8(10)12)5-3-4-9/h3-4,6-7H,2,5H2,1H3/b4-3+. The van der Waals surface area contributed by atoms with Crippen LogP contribution in [0.1, 0.15) is 6.92 Å². The number of hydrogen-bond donors (Lipinski definition) is 0. The summed E-state index contributed by atoms with van der Waals surface area (Å²) in [5, 5.41) is 0. The Balaban J connectivity index is 2.87. The zero-order chi connectivity index (χ0) is 8.97. The van der Waals surface area contributed by atoms with Gasteiger partial charge in [-0.05, 0) is 6.92 Å². The normalized spacial score (nSPS) is 11.2. The molecule has 66 valence electrons. The van der Waals surface area contributed by atoms with E-state index in [4.69, 9.17) is 11.6 Å². The van der Waals surface area contributed by atoms with Gasteiger partial charge in [-0.2, -0.15) is 0 Å². The minimum atomic E-state index is 0.00673. The van der Waals surface area contributed by atoms with E-state index < -0.39 is 0 Å². The number of rotatable bonds is 3. The van der Waals surface area contributed by atoms with Crippen LogP contribution < -0.4 is 5.69 Å². The van der Waals surface area contributed by atoms with E-state index in [2.05, 4.69) is 0 Å². The Morgan fingerprint density at radius 1 is 1.50 bits per heavy atom. The van der Waals surface area contributed by atoms with Crippen LogP contribution in [-0.4, -0.2) is 9.13 Å². The largest absolute Gasteiger partial charge is 0.328 e. The van der Waals surface area contributed by atoms with Gasteiger partial charge in [0.15, 0.2) is 0 Å². The number of imidazole rings is 1. The molecule has 0 aliphatic carbocycles. The van der Waals surface area contributed by atoms with Gasteiger partial charge in [-0.3, -0.25) is 9.13 Å². The van der Waals surface area contributed by atoms with E-state index >= 15 is 0 Å². The van der Waals surface area contributed by atoms with Gasteiger partial charge < -0.3 is 0 Å². The molecule has 0 spiro atoms. The molecule has 0 fully saturated rings. The van der Waals surface area contributed by atoms with Crippen molar-refractivity contribution in [2.24, 2.45) is 0 Å². The lowest BCUT2D eigenvalue weighted by atomic mass is 10.6. The molecule has 1 heterocycles. The first-order valence-electron chi connectivity index (χ1n) is 3.80. The summed E-state index contributed by atoms with van der Waals surface area (Å²) in [4.78, 5) is 11.4. The second kappa shape index (κ2) is 4.16. The fourth-order valence-corrected chi connectivity index (χ4v) is 1.07. The van der Waals surface area contributed by atoms with Gasteiger partial charge in [0.05, 0.1) is 0 Å². The van der Waals surface area contributed by atoms with Gasteiger partial charge in [0.1, 0.15) is 0 Å². The molecule has 0 amide bonds. The molecular formula is C8H11ClN2O. The van der Waals surface area contributed by atoms with Crippen molar-refractivity contribution in [1.29, 1.82) is 0 Å². The van der Waals surface area contributed by atoms with Crippen molar-refractivity contribution in [2.45, 2.75) is 20.0 Å². The summed E-state index contributed by atoms with van der Waals surface area (Å²) in [5.74, 6) is 0. The van der Waals surface area contributed by atoms with Crippen LogP contribution in [0.5, 0.6) is 0 Å². The second-order valence-corrected chi connectivity index (χ2v) is 2.63. The average molecular weight is 187 g/mol. The Kier molecular flexibility index (Phi) is 3.17. The number of aryl methyl sites for hydroxylation is 1. The average Bonchev–Trinajstić information content (AvgIpc) is 2.43. The van der Waals surface area contributed by atoms with Gasteiger partial charge in [0.25, 0.3) is 0 Å². The Labute approximate surface area is 75.9 Å². The monoisotopic (exact) mass is 186 g/mol. The van der Waals surface area contributed by atoms with Crippen LogP contribution in [0.4, 0.5) is 0 Å². The summed E-state index contributed by atoms with van der Waals surface area (Å²) in [7, 11) is 0. The zero-order valence-corrected chi connectivity index (χ0v) is 7.66. The molecule has 0 atom stereocenters. The first-order valence-corrected chi connectivity index (χ1v) is 4.24. The SMILES string of the molecule is CCn1ccn(C/C=C/Cl)c1=O. The van der Waals surface area contributed by atoms with E-state index in [0.29, 0.717) is 13.1 Å². The highest BCUT2D eigenvalue weighted by Gasteiger charge is 1.97. The van der Waals surface area contributed by atoms with Crippen molar-refractivity contribution in [3.05, 3.63) is 34.5 Å². The van der Waals surface area contributed by atoms with E-state index in [9.17, 15) is 4.79 Å². The maximum Gasteiger partial charge on any atom is 0.328 e. The fraction of sp³-hybridized carbons (Fsp3) is 0.375. The summed E-state index contributed by atoms with van der Waals surface area (Å²) < 4.78 is 3.24. The highest BCUT2D eigenvalue weighted by molar-refractivity contribution is 6.25. The van der Waals surface area contributed by atoms with E-state index in [-0.39, 0.29) is 5.69 Å². The molecule has 1 rings (SSSR count). The smallest absolute Gasteiger partial charge is 0.300 e. The Morgan fingerprint density at radius 3 is 2.67 bits per heavy atom. The van der Waals surface area contributed by atoms with Crippen molar-refractivity contribution in [3.8, 4) is 0 Å². The maximum absolute atomic E-state index is 11.4. The Bertz CT molecular complexity index is 324. The van der Waals surface area contributed by atoms with Gasteiger partial charge in [-0.1, -0.05) is 17.7 Å². The first-order chi connectivity index (χ1) is 5.79. The number of hydrogen-bond acceptors (Lipinski definition) is 1. The first kappa shape index (κ1) is 9.13. The second-order valence-electron chi connectivity index (χ2n) is 2.38. The highest BCUT2D eigenvalue weighted by Crippen LogP contribution is 1.87. The number of allylic oxidation sites excluding steroid dienone is 1. The van der Waals surface area contributed by atoms with Gasteiger partial charge in [-0.15, -0.1) is 0 Å². The lowest BCUT2D eigenvalue weighted by Crippen LogP contribution is -2.22. The summed E-state index contributed by atoms with van der Waals surface area (Å²) in [6, 6.07) is 0. The van der Waals surface area contributed by atoms with Crippen LogP contribution in [0.2, 0.25) is 0 Å². The third kappa shape index (κ3) is 1.80. The number of nitrogens with zero attached hydrogens (tertiary/aromatic N) is 2. The Hall–Kier alpha value is -0.960. The van der Waals surface area contributed by atoms with E-state index in [0.717, 1.165) is 0 Å². The van der Waals surface area contributed by atoms with E-state index in [1.807, 2.05) is 6.92 Å². The van der Waals surface area contributed by atoms with Crippen LogP contribution in [0.3, 0.4) is 0 Å². The number of halogens is 1. The van der Waals surface area contributed by atoms with Crippen LogP contribution in [0.25, 0.3) is 0 Å². The van der Waals surface area contributed by atoms with Crippen LogP contribution >= 0.6 is 11.6 Å². The molecule has 0 unspecified atom stereocenters. The minimum Gasteiger partial charge on any atom is -0.300 e. The molecule has 0 aliphatic heterocycles. The molecule has 4 heteroatoms. The summed E-state index contributed by atoms with van der Waals surface area (Å²) in [5.41, 5.74) is 1.42. The molecule has 3 nitrogen and oxygen atoms in total. The van der Waals surface area contributed by atoms with Gasteiger partial charge in [-0.25, -0.2) is 4.79 Å². The van der Waals surface area contributed by atoms with Crippen molar-refractivity contribution >= 4 is 11.6 Å². The van der Waals surface area contributed by atoms with Crippen molar-refractivity contribution in [3.63, 3.8) is 0 Å². The van der Waals surface area contributed by atoms with Crippen molar-refractivity contribution < 1.29 is 0 Å². The predicted octanol–water partition coefficient (Wildman–Crippen LogP) is 1.42. The zero-order valence-electron chi connectivity index (χ0n) is 6.90. The lowest BCUT2D eigenvalue weighted by Gasteiger charge is -1.94. The molecule has 0 aliphatic rings. The fourth-order valence-electron chi connectivity index (χ4n) is 0.986. The summed E-state index contributed by atoms with van der Waals surface area (Å²) in [6.45, 7) is 3.18. The third-order valence-electron chi connectivity index (χ3n) is 1.65. The quantitative estimate of drug-likeness (QED) is 0.702. The third-order valence-corrected chi connectivity index (χ3v) is 1.83. The predicted molar refractivity (Wildman–Crippen MR) is 49.4 cm³/mol. The topological polar surface area (TPSA) is 26.9 Å². The number of aromatic nitrogens is 2. The lowest BCUT2D eigenvalue weighted by molar-refractivity contribution is 0.674. The molecule has 0 saturated heterocycles. The van der Waals surface area contributed by atoms with Gasteiger partial charge in [0.2, 0.25) is 0 Å². The molecule has 1 aromatic rings. The van der Waals surface area contributed by atoms with Crippen LogP contribution in [-0.2, 0) is 13.1 Å². The molecule has 0 radical (unpaired) electrons. The Morgan fingerprint density at radius 2 is 2.17 bits per heavy atom. The summed E-state index contributed by atoms with van der Waals surface area (Å²) in [6.07, 6.45) is 5.25. The molecular weight excluding hydrogens is 176 g/mol.